The van der Waals surface area contributed by atoms with Gasteiger partial charge in [0.2, 0.25) is 11.8 Å². The van der Waals surface area contributed by atoms with Crippen molar-refractivity contribution in [2.45, 2.75) is 18.7 Å². The number of aryl methyl sites for hydroxylation is 2. The predicted molar refractivity (Wildman–Crippen MR) is 59.0 cm³/mol. The summed E-state index contributed by atoms with van der Waals surface area (Å²) in [6.45, 7) is 3.22. The van der Waals surface area contributed by atoms with E-state index in [-0.39, 0.29) is 10.8 Å². The van der Waals surface area contributed by atoms with E-state index in [4.69, 9.17) is 8.97 Å². The SMILES string of the molecule is Cc1nnc(-c2ccc(C)c(S(=O)(=O)O)c2)o1. The number of benzene rings is 1. The lowest BCUT2D eigenvalue weighted by atomic mass is 10.1. The largest absolute Gasteiger partial charge is 0.421 e. The third kappa shape index (κ3) is 2.34. The Labute approximate surface area is 98.0 Å². The average molecular weight is 254 g/mol. The molecule has 1 aromatic heterocycles. The van der Waals surface area contributed by atoms with E-state index in [0.717, 1.165) is 0 Å². The fourth-order valence-corrected chi connectivity index (χ4v) is 2.18. The van der Waals surface area contributed by atoms with Crippen LogP contribution >= 0.6 is 0 Å². The number of rotatable bonds is 2. The average Bonchev–Trinajstić information content (AvgIpc) is 2.64. The van der Waals surface area contributed by atoms with Crippen LogP contribution in [0.2, 0.25) is 0 Å². The molecule has 17 heavy (non-hydrogen) atoms. The molecule has 0 amide bonds. The highest BCUT2D eigenvalue weighted by molar-refractivity contribution is 7.85. The third-order valence-electron chi connectivity index (χ3n) is 2.24. The Morgan fingerprint density at radius 3 is 2.47 bits per heavy atom. The molecule has 0 spiro atoms. The van der Waals surface area contributed by atoms with E-state index in [2.05, 4.69) is 10.2 Å². The molecule has 0 atom stereocenters. The molecular formula is C10H10N2O4S. The number of hydrogen-bond donors (Lipinski definition) is 1. The van der Waals surface area contributed by atoms with Crippen molar-refractivity contribution in [1.82, 2.24) is 10.2 Å². The zero-order chi connectivity index (χ0) is 12.6. The Morgan fingerprint density at radius 2 is 1.94 bits per heavy atom. The van der Waals surface area contributed by atoms with E-state index >= 15 is 0 Å². The molecular weight excluding hydrogens is 244 g/mol. The molecule has 2 aromatic rings. The highest BCUT2D eigenvalue weighted by Crippen LogP contribution is 2.23. The van der Waals surface area contributed by atoms with Gasteiger partial charge >= 0.3 is 0 Å². The van der Waals surface area contributed by atoms with Gasteiger partial charge in [-0.1, -0.05) is 6.07 Å². The van der Waals surface area contributed by atoms with E-state index in [0.29, 0.717) is 17.0 Å². The zero-order valence-electron chi connectivity index (χ0n) is 9.21. The highest BCUT2D eigenvalue weighted by atomic mass is 32.2. The van der Waals surface area contributed by atoms with Gasteiger partial charge < -0.3 is 4.42 Å². The summed E-state index contributed by atoms with van der Waals surface area (Å²) in [5.41, 5.74) is 0.899. The minimum atomic E-state index is -4.25. The zero-order valence-corrected chi connectivity index (χ0v) is 10.0. The first-order valence-electron chi connectivity index (χ1n) is 4.76. The van der Waals surface area contributed by atoms with Crippen LogP contribution in [0.15, 0.2) is 27.5 Å². The Hall–Kier alpha value is -1.73. The minimum Gasteiger partial charge on any atom is -0.421 e. The van der Waals surface area contributed by atoms with Crippen molar-refractivity contribution in [3.63, 3.8) is 0 Å². The van der Waals surface area contributed by atoms with Gasteiger partial charge in [0.1, 0.15) is 0 Å². The summed E-state index contributed by atoms with van der Waals surface area (Å²) in [5, 5.41) is 7.42. The first-order valence-corrected chi connectivity index (χ1v) is 6.20. The summed E-state index contributed by atoms with van der Waals surface area (Å²) in [7, 11) is -4.25. The smallest absolute Gasteiger partial charge is 0.294 e. The molecule has 0 saturated heterocycles. The highest BCUT2D eigenvalue weighted by Gasteiger charge is 2.16. The molecule has 0 unspecified atom stereocenters. The van der Waals surface area contributed by atoms with Crippen molar-refractivity contribution in [2.24, 2.45) is 0 Å². The first kappa shape index (κ1) is 11.7. The van der Waals surface area contributed by atoms with Gasteiger partial charge in [0, 0.05) is 12.5 Å². The van der Waals surface area contributed by atoms with Gasteiger partial charge in [-0.15, -0.1) is 10.2 Å². The molecule has 6 nitrogen and oxygen atoms in total. The van der Waals surface area contributed by atoms with Crippen molar-refractivity contribution in [2.75, 3.05) is 0 Å². The molecule has 0 aliphatic rings. The maximum Gasteiger partial charge on any atom is 0.294 e. The van der Waals surface area contributed by atoms with Crippen LogP contribution < -0.4 is 0 Å². The molecule has 90 valence electrons. The molecule has 2 rings (SSSR count). The van der Waals surface area contributed by atoms with Gasteiger partial charge in [0.15, 0.2) is 0 Å². The monoisotopic (exact) mass is 254 g/mol. The van der Waals surface area contributed by atoms with Gasteiger partial charge in [-0.05, 0) is 24.6 Å². The quantitative estimate of drug-likeness (QED) is 0.818. The molecule has 0 radical (unpaired) electrons. The van der Waals surface area contributed by atoms with Crippen molar-refractivity contribution in [3.8, 4) is 11.5 Å². The van der Waals surface area contributed by atoms with Crippen LogP contribution in [0.4, 0.5) is 0 Å². The Balaban J connectivity index is 2.59. The van der Waals surface area contributed by atoms with Gasteiger partial charge in [0.05, 0.1) is 4.90 Å². The lowest BCUT2D eigenvalue weighted by molar-refractivity contribution is 0.482. The Kier molecular flexibility index (Phi) is 2.72. The molecule has 1 heterocycles. The van der Waals surface area contributed by atoms with Gasteiger partial charge in [-0.3, -0.25) is 4.55 Å². The van der Waals surface area contributed by atoms with Crippen LogP contribution in [-0.2, 0) is 10.1 Å². The van der Waals surface area contributed by atoms with Crippen molar-refractivity contribution < 1.29 is 17.4 Å². The number of hydrogen-bond acceptors (Lipinski definition) is 5. The Bertz CT molecular complexity index is 661. The van der Waals surface area contributed by atoms with Crippen LogP contribution in [0.3, 0.4) is 0 Å². The second-order valence-electron chi connectivity index (χ2n) is 3.58. The topological polar surface area (TPSA) is 93.3 Å². The standard InChI is InChI=1S/C10H10N2O4S/c1-6-3-4-8(5-9(6)17(13,14)15)10-12-11-7(2)16-10/h3-5H,1-2H3,(H,13,14,15). The van der Waals surface area contributed by atoms with Crippen molar-refractivity contribution in [3.05, 3.63) is 29.7 Å². The van der Waals surface area contributed by atoms with Crippen LogP contribution in [0, 0.1) is 13.8 Å². The summed E-state index contributed by atoms with van der Waals surface area (Å²) in [6.07, 6.45) is 0. The maximum absolute atomic E-state index is 11.1. The lowest BCUT2D eigenvalue weighted by Crippen LogP contribution is -2.01. The molecule has 0 saturated carbocycles. The molecule has 0 fully saturated rings. The molecule has 0 bridgehead atoms. The lowest BCUT2D eigenvalue weighted by Gasteiger charge is -2.03. The first-order chi connectivity index (χ1) is 7.88. The second kappa shape index (κ2) is 3.94. The van der Waals surface area contributed by atoms with Gasteiger partial charge in [-0.25, -0.2) is 0 Å². The summed E-state index contributed by atoms with van der Waals surface area (Å²) < 4.78 is 36.5. The maximum atomic E-state index is 11.1. The predicted octanol–water partition coefficient (Wildman–Crippen LogP) is 1.60. The Morgan fingerprint density at radius 1 is 1.24 bits per heavy atom. The van der Waals surface area contributed by atoms with E-state index in [1.165, 1.54) is 6.07 Å². The summed E-state index contributed by atoms with van der Waals surface area (Å²) in [5.74, 6) is 0.599. The van der Waals surface area contributed by atoms with E-state index in [9.17, 15) is 8.42 Å². The van der Waals surface area contributed by atoms with Crippen LogP contribution in [0.1, 0.15) is 11.5 Å². The van der Waals surface area contributed by atoms with E-state index in [1.54, 1.807) is 26.0 Å². The van der Waals surface area contributed by atoms with Crippen LogP contribution in [0.25, 0.3) is 11.5 Å². The fourth-order valence-electron chi connectivity index (χ4n) is 1.42. The molecule has 0 aliphatic carbocycles. The van der Waals surface area contributed by atoms with Gasteiger partial charge in [0.25, 0.3) is 10.1 Å². The summed E-state index contributed by atoms with van der Waals surface area (Å²) >= 11 is 0. The molecule has 7 heteroatoms. The van der Waals surface area contributed by atoms with Crippen LogP contribution in [-0.4, -0.2) is 23.2 Å². The second-order valence-corrected chi connectivity index (χ2v) is 4.97. The summed E-state index contributed by atoms with van der Waals surface area (Å²) in [6, 6.07) is 4.52. The summed E-state index contributed by atoms with van der Waals surface area (Å²) in [4.78, 5) is -0.161. The van der Waals surface area contributed by atoms with E-state index < -0.39 is 10.1 Å². The van der Waals surface area contributed by atoms with E-state index in [1.807, 2.05) is 0 Å². The van der Waals surface area contributed by atoms with Crippen molar-refractivity contribution in [1.29, 1.82) is 0 Å². The normalized spacial score (nSPS) is 11.7. The third-order valence-corrected chi connectivity index (χ3v) is 3.23. The molecule has 0 aliphatic heterocycles. The molecule has 1 N–H and O–H groups in total. The molecule has 1 aromatic carbocycles. The minimum absolute atomic E-state index is 0.161. The fraction of sp³-hybridized carbons (Fsp3) is 0.200. The number of nitrogens with zero attached hydrogens (tertiary/aromatic N) is 2. The number of aromatic nitrogens is 2. The van der Waals surface area contributed by atoms with Crippen molar-refractivity contribution >= 4 is 10.1 Å². The van der Waals surface area contributed by atoms with Crippen LogP contribution in [0.5, 0.6) is 0 Å². The van der Waals surface area contributed by atoms with Gasteiger partial charge in [-0.2, -0.15) is 8.42 Å².